The molecule has 0 spiro atoms. The quantitative estimate of drug-likeness (QED) is 0.309. The zero-order valence-corrected chi connectivity index (χ0v) is 15.6. The van der Waals surface area contributed by atoms with Crippen LogP contribution >= 0.6 is 0 Å². The summed E-state index contributed by atoms with van der Waals surface area (Å²) in [5.74, 6) is 0. The second-order valence-electron chi connectivity index (χ2n) is 6.60. The molecule has 4 aromatic carbocycles. The highest BCUT2D eigenvalue weighted by Gasteiger charge is 2.11. The summed E-state index contributed by atoms with van der Waals surface area (Å²) in [6, 6.07) is 37.3. The van der Waals surface area contributed by atoms with Crippen LogP contribution in [0.4, 0.5) is 22.7 Å². The third kappa shape index (κ3) is 4.13. The molecule has 0 atom stereocenters. The molecule has 2 N–H and O–H groups in total. The molecule has 0 saturated heterocycles. The first-order chi connectivity index (χ1) is 13.8. The molecule has 4 aromatic rings. The van der Waals surface area contributed by atoms with Gasteiger partial charge in [0.15, 0.2) is 0 Å². The Hall–Kier alpha value is -3.78. The highest BCUT2D eigenvalue weighted by Crippen LogP contribution is 2.34. The molecular weight excluding hydrogens is 340 g/mol. The summed E-state index contributed by atoms with van der Waals surface area (Å²) in [5, 5.41) is 0. The zero-order chi connectivity index (χ0) is 19.2. The molecule has 0 radical (unpaired) electrons. The van der Waals surface area contributed by atoms with Gasteiger partial charge >= 0.3 is 0 Å². The van der Waals surface area contributed by atoms with E-state index in [0.29, 0.717) is 0 Å². The lowest BCUT2D eigenvalue weighted by atomic mass is 10.1. The van der Waals surface area contributed by atoms with Crippen molar-refractivity contribution in [2.45, 2.75) is 0 Å². The number of hydrogen-bond donors (Lipinski definition) is 1. The van der Waals surface area contributed by atoms with Crippen molar-refractivity contribution < 1.29 is 0 Å². The van der Waals surface area contributed by atoms with Crippen LogP contribution in [0.2, 0.25) is 0 Å². The topological polar surface area (TPSA) is 29.3 Å². The van der Waals surface area contributed by atoms with Crippen LogP contribution in [0.1, 0.15) is 11.1 Å². The fraction of sp³-hybridized carbons (Fsp3) is 0. The largest absolute Gasteiger partial charge is 0.399 e. The zero-order valence-electron chi connectivity index (χ0n) is 15.6. The van der Waals surface area contributed by atoms with E-state index in [1.807, 2.05) is 36.4 Å². The smallest absolute Gasteiger partial charge is 0.0462 e. The van der Waals surface area contributed by atoms with Gasteiger partial charge in [-0.25, -0.2) is 0 Å². The van der Waals surface area contributed by atoms with E-state index in [1.165, 1.54) is 0 Å². The summed E-state index contributed by atoms with van der Waals surface area (Å²) >= 11 is 0. The van der Waals surface area contributed by atoms with Gasteiger partial charge < -0.3 is 10.6 Å². The number of benzene rings is 4. The van der Waals surface area contributed by atoms with E-state index >= 15 is 0 Å². The van der Waals surface area contributed by atoms with Crippen molar-refractivity contribution in [3.63, 3.8) is 0 Å². The number of nitrogens with two attached hydrogens (primary N) is 1. The van der Waals surface area contributed by atoms with E-state index in [4.69, 9.17) is 5.73 Å². The molecule has 0 saturated carbocycles. The van der Waals surface area contributed by atoms with Crippen LogP contribution in [0.5, 0.6) is 0 Å². The third-order valence-corrected chi connectivity index (χ3v) is 4.56. The van der Waals surface area contributed by atoms with Crippen molar-refractivity contribution in [1.29, 1.82) is 0 Å². The van der Waals surface area contributed by atoms with Crippen LogP contribution in [0.3, 0.4) is 0 Å². The van der Waals surface area contributed by atoms with Crippen LogP contribution < -0.4 is 10.6 Å². The van der Waals surface area contributed by atoms with Gasteiger partial charge in [0, 0.05) is 22.7 Å². The van der Waals surface area contributed by atoms with Gasteiger partial charge in [0.1, 0.15) is 0 Å². The molecule has 0 aliphatic rings. The summed E-state index contributed by atoms with van der Waals surface area (Å²) in [7, 11) is 0. The summed E-state index contributed by atoms with van der Waals surface area (Å²) in [6.45, 7) is 0. The average molecular weight is 362 g/mol. The van der Waals surface area contributed by atoms with E-state index in [1.54, 1.807) is 0 Å². The van der Waals surface area contributed by atoms with Gasteiger partial charge in [-0.1, -0.05) is 72.8 Å². The molecule has 0 unspecified atom stereocenters. The number of rotatable bonds is 5. The van der Waals surface area contributed by atoms with Crippen molar-refractivity contribution in [2.75, 3.05) is 10.6 Å². The van der Waals surface area contributed by atoms with Crippen LogP contribution in [0.15, 0.2) is 109 Å². The van der Waals surface area contributed by atoms with Gasteiger partial charge in [0.25, 0.3) is 0 Å². The van der Waals surface area contributed by atoms with Gasteiger partial charge in [-0.3, -0.25) is 0 Å². The second-order valence-corrected chi connectivity index (χ2v) is 6.60. The second kappa shape index (κ2) is 8.28. The number of hydrogen-bond acceptors (Lipinski definition) is 2. The standard InChI is InChI=1S/C26H22N2/c27-23-9-7-8-22(20-23)15-14-21-16-18-26(19-17-21)28(24-10-3-1-4-11-24)25-12-5-2-6-13-25/h1-20H,27H2/b15-14+. The summed E-state index contributed by atoms with van der Waals surface area (Å²) in [5.41, 5.74) is 12.3. The first-order valence-corrected chi connectivity index (χ1v) is 9.33. The molecule has 0 fully saturated rings. The molecule has 0 heterocycles. The summed E-state index contributed by atoms with van der Waals surface area (Å²) in [6.07, 6.45) is 4.19. The van der Waals surface area contributed by atoms with Crippen LogP contribution in [-0.2, 0) is 0 Å². The minimum absolute atomic E-state index is 0.777. The number of anilines is 4. The van der Waals surface area contributed by atoms with Crippen molar-refractivity contribution in [3.8, 4) is 0 Å². The normalized spacial score (nSPS) is 10.9. The van der Waals surface area contributed by atoms with Gasteiger partial charge in [-0.05, 0) is 59.7 Å². The Morgan fingerprint density at radius 3 is 1.61 bits per heavy atom. The van der Waals surface area contributed by atoms with E-state index < -0.39 is 0 Å². The van der Waals surface area contributed by atoms with E-state index in [2.05, 4.69) is 89.8 Å². The van der Waals surface area contributed by atoms with Gasteiger partial charge in [-0.15, -0.1) is 0 Å². The highest BCUT2D eigenvalue weighted by atomic mass is 15.1. The summed E-state index contributed by atoms with van der Waals surface area (Å²) < 4.78 is 0. The van der Waals surface area contributed by atoms with Crippen molar-refractivity contribution in [2.24, 2.45) is 0 Å². The van der Waals surface area contributed by atoms with Gasteiger partial charge in [0.05, 0.1) is 0 Å². The SMILES string of the molecule is Nc1cccc(/C=C/c2ccc(N(c3ccccc3)c3ccccc3)cc2)c1. The van der Waals surface area contributed by atoms with Crippen molar-refractivity contribution in [1.82, 2.24) is 0 Å². The molecule has 2 nitrogen and oxygen atoms in total. The van der Waals surface area contributed by atoms with Crippen LogP contribution in [-0.4, -0.2) is 0 Å². The molecule has 28 heavy (non-hydrogen) atoms. The first-order valence-electron chi connectivity index (χ1n) is 9.33. The Morgan fingerprint density at radius 1 is 0.500 bits per heavy atom. The Balaban J connectivity index is 1.63. The minimum atomic E-state index is 0.777. The average Bonchev–Trinajstić information content (AvgIpc) is 2.75. The highest BCUT2D eigenvalue weighted by molar-refractivity contribution is 5.78. The first kappa shape index (κ1) is 17.6. The molecule has 2 heteroatoms. The molecule has 4 rings (SSSR count). The Labute approximate surface area is 166 Å². The summed E-state index contributed by atoms with van der Waals surface area (Å²) in [4.78, 5) is 2.26. The minimum Gasteiger partial charge on any atom is -0.399 e. The number of nitrogen functional groups attached to an aromatic ring is 1. The Bertz CT molecular complexity index is 1010. The molecule has 136 valence electrons. The monoisotopic (exact) mass is 362 g/mol. The lowest BCUT2D eigenvalue weighted by molar-refractivity contribution is 1.28. The molecule has 0 aromatic heterocycles. The lowest BCUT2D eigenvalue weighted by Gasteiger charge is -2.25. The molecule has 0 bridgehead atoms. The maximum absolute atomic E-state index is 5.85. The molecular formula is C26H22N2. The van der Waals surface area contributed by atoms with Gasteiger partial charge in [-0.2, -0.15) is 0 Å². The number of para-hydroxylation sites is 2. The van der Waals surface area contributed by atoms with Crippen molar-refractivity contribution in [3.05, 3.63) is 120 Å². The lowest BCUT2D eigenvalue weighted by Crippen LogP contribution is -2.09. The van der Waals surface area contributed by atoms with E-state index in [0.717, 1.165) is 33.9 Å². The third-order valence-electron chi connectivity index (χ3n) is 4.56. The van der Waals surface area contributed by atoms with Crippen LogP contribution in [0, 0.1) is 0 Å². The maximum atomic E-state index is 5.85. The fourth-order valence-electron chi connectivity index (χ4n) is 3.19. The molecule has 0 aliphatic heterocycles. The van der Waals surface area contributed by atoms with E-state index in [9.17, 15) is 0 Å². The van der Waals surface area contributed by atoms with Crippen LogP contribution in [0.25, 0.3) is 12.2 Å². The predicted molar refractivity (Wildman–Crippen MR) is 121 cm³/mol. The van der Waals surface area contributed by atoms with Crippen molar-refractivity contribution >= 4 is 34.9 Å². The van der Waals surface area contributed by atoms with E-state index in [-0.39, 0.29) is 0 Å². The predicted octanol–water partition coefficient (Wildman–Crippen LogP) is 6.91. The van der Waals surface area contributed by atoms with Gasteiger partial charge in [0.2, 0.25) is 0 Å². The Morgan fingerprint density at radius 2 is 1.04 bits per heavy atom. The molecule has 0 aliphatic carbocycles. The molecule has 0 amide bonds. The maximum Gasteiger partial charge on any atom is 0.0462 e. The fourth-order valence-corrected chi connectivity index (χ4v) is 3.19. The Kier molecular flexibility index (Phi) is 5.21. The number of nitrogens with zero attached hydrogens (tertiary/aromatic N) is 1.